The minimum Gasteiger partial charge on any atom is -0.379 e. The van der Waals surface area contributed by atoms with Crippen LogP contribution in [0.25, 0.3) is 0 Å². The largest absolute Gasteiger partial charge is 0.379 e. The number of halogens is 1. The summed E-state index contributed by atoms with van der Waals surface area (Å²) in [6.07, 6.45) is 7.21. The van der Waals surface area contributed by atoms with Crippen molar-refractivity contribution < 1.29 is 0 Å². The Bertz CT molecular complexity index is 649. The molecular formula is C13H17ClN6O. The zero-order valence-corrected chi connectivity index (χ0v) is 12.3. The first-order valence-electron chi connectivity index (χ1n) is 7.08. The molecule has 2 aromatic heterocycles. The third-order valence-corrected chi connectivity index (χ3v) is 4.07. The third kappa shape index (κ3) is 3.24. The Labute approximate surface area is 126 Å². The summed E-state index contributed by atoms with van der Waals surface area (Å²) in [6.45, 7) is 1.23. The van der Waals surface area contributed by atoms with E-state index in [1.165, 1.54) is 36.5 Å². The van der Waals surface area contributed by atoms with Crippen LogP contribution in [0.1, 0.15) is 25.1 Å². The molecule has 112 valence electrons. The molecule has 0 spiro atoms. The molecule has 0 saturated heterocycles. The van der Waals surface area contributed by atoms with Gasteiger partial charge < -0.3 is 5.32 Å². The van der Waals surface area contributed by atoms with Crippen molar-refractivity contribution in [2.24, 2.45) is 5.92 Å². The highest BCUT2D eigenvalue weighted by molar-refractivity contribution is 6.32. The van der Waals surface area contributed by atoms with Crippen molar-refractivity contribution in [3.05, 3.63) is 33.7 Å². The number of nitrogens with one attached hydrogen (secondary N) is 2. The Morgan fingerprint density at radius 2 is 2.33 bits per heavy atom. The molecule has 2 N–H and O–H groups in total. The Hall–Kier alpha value is -1.89. The van der Waals surface area contributed by atoms with Crippen LogP contribution in [0.15, 0.2) is 17.3 Å². The summed E-state index contributed by atoms with van der Waals surface area (Å²) >= 11 is 6.07. The van der Waals surface area contributed by atoms with Gasteiger partial charge in [-0.3, -0.25) is 9.89 Å². The summed E-state index contributed by atoms with van der Waals surface area (Å²) in [6, 6.07) is 0. The van der Waals surface area contributed by atoms with Gasteiger partial charge in [0.05, 0.1) is 11.2 Å². The molecular weight excluding hydrogens is 292 g/mol. The predicted molar refractivity (Wildman–Crippen MR) is 79.4 cm³/mol. The number of hydrogen-bond donors (Lipinski definition) is 2. The predicted octanol–water partition coefficient (Wildman–Crippen LogP) is 1.47. The topological polar surface area (TPSA) is 88.5 Å². The van der Waals surface area contributed by atoms with Crippen LogP contribution in [-0.4, -0.2) is 31.5 Å². The number of aromatic nitrogens is 5. The number of nitrogens with zero attached hydrogens (tertiary/aromatic N) is 4. The molecule has 1 fully saturated rings. The maximum absolute atomic E-state index is 12.4. The van der Waals surface area contributed by atoms with Crippen LogP contribution in [0.2, 0.25) is 5.02 Å². The summed E-state index contributed by atoms with van der Waals surface area (Å²) in [5.41, 5.74) is 0.248. The molecule has 3 rings (SSSR count). The minimum absolute atomic E-state index is 0.160. The number of aromatic amines is 1. The molecule has 0 aliphatic heterocycles. The molecule has 1 aliphatic carbocycles. The summed E-state index contributed by atoms with van der Waals surface area (Å²) in [7, 11) is 0. The van der Waals surface area contributed by atoms with E-state index in [9.17, 15) is 4.79 Å². The summed E-state index contributed by atoms with van der Waals surface area (Å²) in [4.78, 5) is 16.4. The fourth-order valence-corrected chi connectivity index (χ4v) is 2.53. The van der Waals surface area contributed by atoms with E-state index in [1.807, 2.05) is 0 Å². The van der Waals surface area contributed by atoms with Gasteiger partial charge in [0.1, 0.15) is 17.8 Å². The molecule has 1 saturated carbocycles. The normalized spacial score (nSPS) is 14.9. The van der Waals surface area contributed by atoms with Crippen molar-refractivity contribution in [3.63, 3.8) is 0 Å². The summed E-state index contributed by atoms with van der Waals surface area (Å²) in [5, 5.41) is 14.1. The van der Waals surface area contributed by atoms with Gasteiger partial charge in [-0.2, -0.15) is 10.2 Å². The van der Waals surface area contributed by atoms with Crippen LogP contribution in [0.5, 0.6) is 0 Å². The number of rotatable bonds is 6. The van der Waals surface area contributed by atoms with Gasteiger partial charge in [0.15, 0.2) is 0 Å². The molecule has 1 aliphatic rings. The van der Waals surface area contributed by atoms with Crippen LogP contribution < -0.4 is 10.9 Å². The van der Waals surface area contributed by atoms with Gasteiger partial charge in [0.25, 0.3) is 5.56 Å². The smallest absolute Gasteiger partial charge is 0.291 e. The van der Waals surface area contributed by atoms with E-state index in [0.29, 0.717) is 36.1 Å². The van der Waals surface area contributed by atoms with Crippen molar-refractivity contribution in [3.8, 4) is 0 Å². The Morgan fingerprint density at radius 1 is 1.48 bits per heavy atom. The van der Waals surface area contributed by atoms with Crippen LogP contribution in [0, 0.1) is 5.92 Å². The van der Waals surface area contributed by atoms with Gasteiger partial charge >= 0.3 is 0 Å². The third-order valence-electron chi connectivity index (χ3n) is 3.78. The summed E-state index contributed by atoms with van der Waals surface area (Å²) < 4.78 is 1.51. The molecule has 0 bridgehead atoms. The van der Waals surface area contributed by atoms with Gasteiger partial charge in [-0.15, -0.1) is 0 Å². The molecule has 0 aromatic carbocycles. The second-order valence-electron chi connectivity index (χ2n) is 5.26. The number of anilines is 1. The Morgan fingerprint density at radius 3 is 3.00 bits per heavy atom. The molecule has 0 amide bonds. The van der Waals surface area contributed by atoms with Crippen molar-refractivity contribution in [1.82, 2.24) is 25.0 Å². The Kier molecular flexibility index (Phi) is 4.19. The van der Waals surface area contributed by atoms with E-state index in [0.717, 1.165) is 5.82 Å². The zero-order chi connectivity index (χ0) is 14.7. The van der Waals surface area contributed by atoms with Crippen LogP contribution in [0.4, 0.5) is 5.69 Å². The first-order chi connectivity index (χ1) is 10.2. The number of hydrogen-bond acceptors (Lipinski definition) is 5. The van der Waals surface area contributed by atoms with E-state index >= 15 is 0 Å². The maximum Gasteiger partial charge on any atom is 0.291 e. The van der Waals surface area contributed by atoms with E-state index in [-0.39, 0.29) is 5.56 Å². The first-order valence-corrected chi connectivity index (χ1v) is 7.45. The average Bonchev–Trinajstić information content (AvgIpc) is 2.93. The van der Waals surface area contributed by atoms with Crippen molar-refractivity contribution >= 4 is 17.3 Å². The molecule has 0 radical (unpaired) electrons. The highest BCUT2D eigenvalue weighted by Crippen LogP contribution is 2.27. The van der Waals surface area contributed by atoms with Crippen LogP contribution >= 0.6 is 11.6 Å². The zero-order valence-electron chi connectivity index (χ0n) is 11.5. The van der Waals surface area contributed by atoms with Crippen molar-refractivity contribution in [2.45, 2.75) is 32.2 Å². The van der Waals surface area contributed by atoms with E-state index in [4.69, 9.17) is 11.6 Å². The molecule has 2 heterocycles. The minimum atomic E-state index is -0.160. The highest BCUT2D eigenvalue weighted by Gasteiger charge is 2.20. The van der Waals surface area contributed by atoms with Crippen LogP contribution in [0.3, 0.4) is 0 Å². The molecule has 0 atom stereocenters. The molecule has 0 unspecified atom stereocenters. The summed E-state index contributed by atoms with van der Waals surface area (Å²) in [5.74, 6) is 1.33. The van der Waals surface area contributed by atoms with Gasteiger partial charge in [0, 0.05) is 19.5 Å². The van der Waals surface area contributed by atoms with E-state index in [1.54, 1.807) is 0 Å². The quantitative estimate of drug-likeness (QED) is 0.843. The lowest BCUT2D eigenvalue weighted by Gasteiger charge is -2.25. The van der Waals surface area contributed by atoms with Crippen molar-refractivity contribution in [2.75, 3.05) is 11.9 Å². The first kappa shape index (κ1) is 14.1. The second-order valence-corrected chi connectivity index (χ2v) is 5.67. The second kappa shape index (κ2) is 6.26. The Balaban J connectivity index is 1.67. The van der Waals surface area contributed by atoms with Gasteiger partial charge in [-0.05, 0) is 18.8 Å². The molecule has 21 heavy (non-hydrogen) atoms. The lowest BCUT2D eigenvalue weighted by atomic mass is 9.85. The van der Waals surface area contributed by atoms with Gasteiger partial charge in [-0.1, -0.05) is 18.0 Å². The van der Waals surface area contributed by atoms with Crippen LogP contribution in [-0.2, 0) is 13.0 Å². The number of H-pyrrole nitrogens is 1. The monoisotopic (exact) mass is 308 g/mol. The fourth-order valence-electron chi connectivity index (χ4n) is 2.34. The standard InChI is InChI=1S/C13H17ClN6O/c14-10-6-18-20(7-9-2-1-3-9)13(21)12(10)15-5-4-11-16-8-17-19-11/h6,8-9,15H,1-5,7H2,(H,16,17,19). The van der Waals surface area contributed by atoms with Crippen molar-refractivity contribution in [1.29, 1.82) is 0 Å². The maximum atomic E-state index is 12.4. The molecule has 7 nitrogen and oxygen atoms in total. The van der Waals surface area contributed by atoms with Gasteiger partial charge in [-0.25, -0.2) is 9.67 Å². The average molecular weight is 309 g/mol. The van der Waals surface area contributed by atoms with E-state index < -0.39 is 0 Å². The lowest BCUT2D eigenvalue weighted by Crippen LogP contribution is -2.31. The highest BCUT2D eigenvalue weighted by atomic mass is 35.5. The lowest BCUT2D eigenvalue weighted by molar-refractivity contribution is 0.262. The van der Waals surface area contributed by atoms with Gasteiger partial charge in [0.2, 0.25) is 0 Å². The van der Waals surface area contributed by atoms with E-state index in [2.05, 4.69) is 25.6 Å². The molecule has 2 aromatic rings. The SMILES string of the molecule is O=c1c(NCCc2ncn[nH]2)c(Cl)cnn1CC1CCC1. The fraction of sp³-hybridized carbons (Fsp3) is 0.538. The molecule has 8 heteroatoms.